The zero-order valence-electron chi connectivity index (χ0n) is 16.6. The van der Waals surface area contributed by atoms with Gasteiger partial charge in [0, 0.05) is 31.7 Å². The minimum atomic E-state index is -2.62. The van der Waals surface area contributed by atoms with Crippen LogP contribution in [0.2, 0.25) is 0 Å². The summed E-state index contributed by atoms with van der Waals surface area (Å²) in [5.41, 5.74) is 0.194. The molecule has 0 bridgehead atoms. The number of hydrogen-bond donors (Lipinski definition) is 1. The Balaban J connectivity index is 1.65. The molecule has 2 aromatic rings. The van der Waals surface area contributed by atoms with Gasteiger partial charge in [0.05, 0.1) is 18.0 Å². The van der Waals surface area contributed by atoms with E-state index in [0.717, 1.165) is 12.8 Å². The minimum absolute atomic E-state index is 0.0158. The maximum absolute atomic E-state index is 13.5. The van der Waals surface area contributed by atoms with E-state index in [9.17, 15) is 13.6 Å². The van der Waals surface area contributed by atoms with E-state index in [2.05, 4.69) is 21.7 Å². The molecule has 0 unspecified atom stereocenters. The Morgan fingerprint density at radius 3 is 2.66 bits per heavy atom. The average molecular weight is 405 g/mol. The zero-order valence-corrected chi connectivity index (χ0v) is 16.6. The van der Waals surface area contributed by atoms with Gasteiger partial charge < -0.3 is 9.72 Å². The van der Waals surface area contributed by atoms with Crippen LogP contribution in [0.1, 0.15) is 63.2 Å². The molecule has 2 heterocycles. The van der Waals surface area contributed by atoms with Crippen LogP contribution in [0.3, 0.4) is 0 Å². The van der Waals surface area contributed by atoms with Crippen molar-refractivity contribution in [2.24, 2.45) is 10.9 Å². The van der Waals surface area contributed by atoms with Crippen molar-refractivity contribution in [2.75, 3.05) is 7.05 Å². The zero-order chi connectivity index (χ0) is 20.8. The number of H-pyrrole nitrogens is 1. The van der Waals surface area contributed by atoms with Crippen LogP contribution in [0.4, 0.5) is 8.78 Å². The molecule has 9 heteroatoms. The lowest BCUT2D eigenvalue weighted by molar-refractivity contribution is -0.0446. The lowest BCUT2D eigenvalue weighted by atomic mass is 9.73. The number of aromatic nitrogens is 4. The third-order valence-electron chi connectivity index (χ3n) is 5.96. The van der Waals surface area contributed by atoms with Gasteiger partial charge in [-0.3, -0.25) is 9.79 Å². The maximum Gasteiger partial charge on any atom is 0.262 e. The second-order valence-corrected chi connectivity index (χ2v) is 8.02. The van der Waals surface area contributed by atoms with Crippen molar-refractivity contribution < 1.29 is 13.5 Å². The fourth-order valence-corrected chi connectivity index (χ4v) is 4.25. The molecular weight excluding hydrogens is 380 g/mol. The van der Waals surface area contributed by atoms with Crippen LogP contribution in [-0.2, 0) is 4.74 Å². The van der Waals surface area contributed by atoms with Gasteiger partial charge in [0.25, 0.3) is 5.56 Å². The molecule has 4 rings (SSSR count). The summed E-state index contributed by atoms with van der Waals surface area (Å²) in [4.78, 5) is 24.4. The van der Waals surface area contributed by atoms with Crippen molar-refractivity contribution in [3.63, 3.8) is 0 Å². The molecule has 1 N–H and O–H groups in total. The molecule has 0 radical (unpaired) electrons. The van der Waals surface area contributed by atoms with Crippen molar-refractivity contribution in [1.29, 1.82) is 0 Å². The lowest BCUT2D eigenvalue weighted by Gasteiger charge is -2.35. The predicted octanol–water partition coefficient (Wildman–Crippen LogP) is 3.94. The molecule has 0 amide bonds. The third-order valence-corrected chi connectivity index (χ3v) is 5.96. The first kappa shape index (κ1) is 19.7. The average Bonchev–Trinajstić information content (AvgIpc) is 3.04. The van der Waals surface area contributed by atoms with E-state index in [0.29, 0.717) is 41.4 Å². The monoisotopic (exact) mass is 405 g/mol. The third kappa shape index (κ3) is 3.70. The Kier molecular flexibility index (Phi) is 5.00. The number of rotatable bonds is 4. The summed E-state index contributed by atoms with van der Waals surface area (Å²) in [6.07, 6.45) is 3.49. The number of ether oxygens (including phenoxy) is 1. The highest BCUT2D eigenvalue weighted by Crippen LogP contribution is 2.43. The summed E-state index contributed by atoms with van der Waals surface area (Å²) in [7, 11) is 1.67. The van der Waals surface area contributed by atoms with Crippen LogP contribution >= 0.6 is 0 Å². The summed E-state index contributed by atoms with van der Waals surface area (Å²) in [6.45, 7) is 5.52. The van der Waals surface area contributed by atoms with E-state index < -0.39 is 5.92 Å². The first-order valence-electron chi connectivity index (χ1n) is 9.94. The van der Waals surface area contributed by atoms with Crippen molar-refractivity contribution in [1.82, 2.24) is 19.7 Å². The van der Waals surface area contributed by atoms with Crippen molar-refractivity contribution in [3.05, 3.63) is 34.7 Å². The lowest BCUT2D eigenvalue weighted by Crippen LogP contribution is -2.35. The number of hydrogen-bond acceptors (Lipinski definition) is 5. The number of fused-ring (bicyclic) bond motifs is 1. The van der Waals surface area contributed by atoms with Crippen molar-refractivity contribution in [3.8, 4) is 0 Å². The number of allylic oxidation sites excluding steroid dienone is 1. The van der Waals surface area contributed by atoms with Gasteiger partial charge in [-0.25, -0.2) is 18.4 Å². The molecule has 2 aromatic heterocycles. The number of aliphatic imine (C=N–C) groups is 1. The Morgan fingerprint density at radius 2 is 2.07 bits per heavy atom. The van der Waals surface area contributed by atoms with Crippen molar-refractivity contribution >= 4 is 16.9 Å². The highest BCUT2D eigenvalue weighted by atomic mass is 19.3. The highest BCUT2D eigenvalue weighted by molar-refractivity contribution is 5.81. The molecule has 7 nitrogen and oxygen atoms in total. The molecule has 0 aromatic carbocycles. The first-order chi connectivity index (χ1) is 13.8. The number of nitrogens with zero attached hydrogens (tertiary/aromatic N) is 4. The van der Waals surface area contributed by atoms with Crippen LogP contribution in [0.5, 0.6) is 0 Å². The van der Waals surface area contributed by atoms with Crippen LogP contribution in [0.25, 0.3) is 11.0 Å². The minimum Gasteiger partial charge on any atom is -0.448 e. The largest absolute Gasteiger partial charge is 0.448 e. The second-order valence-electron chi connectivity index (χ2n) is 8.02. The standard InChI is InChI=1S/C20H25F2N5O2/c1-11(2)29-19(23-3)14-5-4-13(14)16-25-17-15(18(28)26-16)10-24-27(17)12-6-8-20(21,22)9-7-12/h10,12-14H,1,4-9H2,2-3H3,(H,25,26,28)/t13-,14+/m0/s1. The molecule has 0 saturated heterocycles. The Morgan fingerprint density at radius 1 is 1.34 bits per heavy atom. The second kappa shape index (κ2) is 7.35. The first-order valence-corrected chi connectivity index (χ1v) is 9.94. The highest BCUT2D eigenvalue weighted by Gasteiger charge is 2.40. The molecule has 2 aliphatic rings. The summed E-state index contributed by atoms with van der Waals surface area (Å²) in [6, 6.07) is -0.175. The van der Waals surface area contributed by atoms with Gasteiger partial charge >= 0.3 is 0 Å². The molecule has 2 saturated carbocycles. The fraction of sp³-hybridized carbons (Fsp3) is 0.600. The Hall–Kier alpha value is -2.58. The normalized spacial score (nSPS) is 25.0. The van der Waals surface area contributed by atoms with Gasteiger partial charge in [0.2, 0.25) is 5.92 Å². The molecule has 2 aliphatic carbocycles. The topological polar surface area (TPSA) is 85.2 Å². The van der Waals surface area contributed by atoms with Gasteiger partial charge in [0.15, 0.2) is 11.5 Å². The molecule has 29 heavy (non-hydrogen) atoms. The van der Waals surface area contributed by atoms with Crippen molar-refractivity contribution in [2.45, 2.75) is 63.3 Å². The quantitative estimate of drug-likeness (QED) is 0.474. The maximum atomic E-state index is 13.5. The summed E-state index contributed by atoms with van der Waals surface area (Å²) >= 11 is 0. The van der Waals surface area contributed by atoms with Crippen LogP contribution in [0.15, 0.2) is 28.3 Å². The number of halogens is 2. The van der Waals surface area contributed by atoms with E-state index in [1.807, 2.05) is 0 Å². The molecule has 2 atom stereocenters. The summed E-state index contributed by atoms with van der Waals surface area (Å²) in [5.74, 6) is -0.924. The van der Waals surface area contributed by atoms with E-state index in [1.165, 1.54) is 6.20 Å². The molecule has 0 aliphatic heterocycles. The number of alkyl halides is 2. The van der Waals surface area contributed by atoms with Gasteiger partial charge in [0.1, 0.15) is 11.2 Å². The van der Waals surface area contributed by atoms with Gasteiger partial charge in [-0.15, -0.1) is 0 Å². The Labute approximate surface area is 166 Å². The van der Waals surface area contributed by atoms with Gasteiger partial charge in [-0.05, 0) is 32.6 Å². The fourth-order valence-electron chi connectivity index (χ4n) is 4.25. The smallest absolute Gasteiger partial charge is 0.262 e. The van der Waals surface area contributed by atoms with Gasteiger partial charge in [-0.1, -0.05) is 6.58 Å². The van der Waals surface area contributed by atoms with E-state index in [1.54, 1.807) is 18.7 Å². The Bertz CT molecular complexity index is 1020. The molecule has 156 valence electrons. The van der Waals surface area contributed by atoms with E-state index in [-0.39, 0.29) is 36.3 Å². The number of nitrogens with one attached hydrogen (secondary N) is 1. The molecule has 0 spiro atoms. The number of aromatic amines is 1. The van der Waals surface area contributed by atoms with E-state index in [4.69, 9.17) is 9.72 Å². The van der Waals surface area contributed by atoms with Crippen LogP contribution in [0, 0.1) is 5.92 Å². The van der Waals surface area contributed by atoms with Gasteiger partial charge in [-0.2, -0.15) is 5.10 Å². The SMILES string of the molecule is C=C(C)OC(=NC)[C@@H]1CC[C@@H]1c1nc2c(cnn2C2CCC(F)(F)CC2)c(=O)[nH]1. The molecular formula is C20H25F2N5O2. The summed E-state index contributed by atoms with van der Waals surface area (Å²) in [5, 5.41) is 4.69. The van der Waals surface area contributed by atoms with Crippen LogP contribution in [-0.4, -0.2) is 38.6 Å². The molecule has 2 fully saturated rings. The van der Waals surface area contributed by atoms with Crippen LogP contribution < -0.4 is 5.56 Å². The predicted molar refractivity (Wildman–Crippen MR) is 105 cm³/mol. The summed E-state index contributed by atoms with van der Waals surface area (Å²) < 4.78 is 34.4. The van der Waals surface area contributed by atoms with E-state index >= 15 is 0 Å².